The standard InChI is InChI=1S/C16H16ClFN2O/c1-3-10-5-6-13(17)11(4-2)15(10)20-16(21)12-7-8-19-9-14(12)18/h5-9H,3-4H2,1-2H3,(H,20,21). The molecule has 0 fully saturated rings. The summed E-state index contributed by atoms with van der Waals surface area (Å²) in [5.74, 6) is -1.14. The molecule has 0 aliphatic rings. The van der Waals surface area contributed by atoms with Gasteiger partial charge in [0.1, 0.15) is 0 Å². The summed E-state index contributed by atoms with van der Waals surface area (Å²) in [5, 5.41) is 3.39. The molecule has 2 rings (SSSR count). The van der Waals surface area contributed by atoms with E-state index in [4.69, 9.17) is 11.6 Å². The SMILES string of the molecule is CCc1ccc(Cl)c(CC)c1NC(=O)c1ccncc1F. The van der Waals surface area contributed by atoms with E-state index >= 15 is 0 Å². The van der Waals surface area contributed by atoms with E-state index in [1.54, 1.807) is 0 Å². The van der Waals surface area contributed by atoms with E-state index in [1.807, 2.05) is 26.0 Å². The van der Waals surface area contributed by atoms with Gasteiger partial charge >= 0.3 is 0 Å². The molecule has 21 heavy (non-hydrogen) atoms. The van der Waals surface area contributed by atoms with Crippen molar-refractivity contribution in [1.29, 1.82) is 0 Å². The zero-order valence-corrected chi connectivity index (χ0v) is 12.7. The fourth-order valence-electron chi connectivity index (χ4n) is 2.21. The van der Waals surface area contributed by atoms with Crippen LogP contribution in [-0.2, 0) is 12.8 Å². The van der Waals surface area contributed by atoms with Crippen LogP contribution in [0.5, 0.6) is 0 Å². The van der Waals surface area contributed by atoms with Crippen LogP contribution in [0.1, 0.15) is 35.3 Å². The number of nitrogens with one attached hydrogen (secondary N) is 1. The predicted octanol–water partition coefficient (Wildman–Crippen LogP) is 4.25. The number of halogens is 2. The smallest absolute Gasteiger partial charge is 0.258 e. The molecule has 0 atom stereocenters. The van der Waals surface area contributed by atoms with Gasteiger partial charge in [0.25, 0.3) is 5.91 Å². The van der Waals surface area contributed by atoms with Crippen LogP contribution in [0.4, 0.5) is 10.1 Å². The topological polar surface area (TPSA) is 42.0 Å². The van der Waals surface area contributed by atoms with Crippen molar-refractivity contribution in [2.75, 3.05) is 5.32 Å². The van der Waals surface area contributed by atoms with Crippen LogP contribution in [0, 0.1) is 5.82 Å². The minimum absolute atomic E-state index is 0.0333. The summed E-state index contributed by atoms with van der Waals surface area (Å²) in [5.41, 5.74) is 2.47. The predicted molar refractivity (Wildman–Crippen MR) is 82.4 cm³/mol. The highest BCUT2D eigenvalue weighted by molar-refractivity contribution is 6.32. The Kier molecular flexibility index (Phi) is 4.91. The molecule has 0 aliphatic heterocycles. The first-order chi connectivity index (χ1) is 10.1. The molecule has 0 radical (unpaired) electrons. The lowest BCUT2D eigenvalue weighted by Gasteiger charge is -2.16. The maximum absolute atomic E-state index is 13.6. The Labute approximate surface area is 128 Å². The molecule has 1 aromatic heterocycles. The number of carbonyl (C=O) groups is 1. The van der Waals surface area contributed by atoms with Gasteiger partial charge in [0.15, 0.2) is 5.82 Å². The number of aromatic nitrogens is 1. The summed E-state index contributed by atoms with van der Waals surface area (Å²) >= 11 is 6.18. The van der Waals surface area contributed by atoms with E-state index in [9.17, 15) is 9.18 Å². The second-order valence-corrected chi connectivity index (χ2v) is 4.98. The molecular formula is C16H16ClFN2O. The van der Waals surface area contributed by atoms with Crippen molar-refractivity contribution in [2.45, 2.75) is 26.7 Å². The molecule has 0 bridgehead atoms. The van der Waals surface area contributed by atoms with E-state index < -0.39 is 11.7 Å². The van der Waals surface area contributed by atoms with E-state index in [0.29, 0.717) is 17.1 Å². The van der Waals surface area contributed by atoms with E-state index in [1.165, 1.54) is 12.3 Å². The van der Waals surface area contributed by atoms with Gasteiger partial charge in [-0.15, -0.1) is 0 Å². The number of amides is 1. The minimum atomic E-state index is -0.645. The Hall–Kier alpha value is -1.94. The lowest BCUT2D eigenvalue weighted by Crippen LogP contribution is -2.16. The maximum atomic E-state index is 13.6. The number of pyridine rings is 1. The first kappa shape index (κ1) is 15.4. The molecule has 110 valence electrons. The summed E-state index contributed by atoms with van der Waals surface area (Å²) in [6.07, 6.45) is 3.84. The molecule has 0 aliphatic carbocycles. The Bertz CT molecular complexity index is 673. The van der Waals surface area contributed by atoms with E-state index in [2.05, 4.69) is 10.3 Å². The summed E-state index contributed by atoms with van der Waals surface area (Å²) in [6.45, 7) is 3.95. The highest BCUT2D eigenvalue weighted by Gasteiger charge is 2.16. The molecule has 3 nitrogen and oxygen atoms in total. The molecule has 1 amide bonds. The number of anilines is 1. The molecule has 1 heterocycles. The van der Waals surface area contributed by atoms with Gasteiger partial charge in [0.05, 0.1) is 11.8 Å². The van der Waals surface area contributed by atoms with Gasteiger partial charge in [0, 0.05) is 16.9 Å². The second kappa shape index (κ2) is 6.68. The molecule has 5 heteroatoms. The lowest BCUT2D eigenvalue weighted by atomic mass is 10.0. The largest absolute Gasteiger partial charge is 0.321 e. The van der Waals surface area contributed by atoms with Crippen LogP contribution in [0.3, 0.4) is 0 Å². The highest BCUT2D eigenvalue weighted by atomic mass is 35.5. The summed E-state index contributed by atoms with van der Waals surface area (Å²) in [6, 6.07) is 5.05. The van der Waals surface area contributed by atoms with Crippen LogP contribution in [0.25, 0.3) is 0 Å². The zero-order chi connectivity index (χ0) is 15.4. The summed E-state index contributed by atoms with van der Waals surface area (Å²) in [4.78, 5) is 15.9. The molecule has 1 N–H and O–H groups in total. The van der Waals surface area contributed by atoms with Crippen LogP contribution >= 0.6 is 11.6 Å². The van der Waals surface area contributed by atoms with Gasteiger partial charge in [-0.25, -0.2) is 4.39 Å². The van der Waals surface area contributed by atoms with Crippen molar-refractivity contribution in [3.8, 4) is 0 Å². The third-order valence-electron chi connectivity index (χ3n) is 3.33. The van der Waals surface area contributed by atoms with Gasteiger partial charge in [-0.2, -0.15) is 0 Å². The van der Waals surface area contributed by atoms with E-state index in [0.717, 1.165) is 23.7 Å². The molecular weight excluding hydrogens is 291 g/mol. The van der Waals surface area contributed by atoms with Crippen molar-refractivity contribution < 1.29 is 9.18 Å². The number of aryl methyl sites for hydroxylation is 1. The molecule has 0 unspecified atom stereocenters. The minimum Gasteiger partial charge on any atom is -0.321 e. The number of benzene rings is 1. The summed E-state index contributed by atoms with van der Waals surface area (Å²) < 4.78 is 13.6. The van der Waals surface area contributed by atoms with Crippen LogP contribution < -0.4 is 5.32 Å². The van der Waals surface area contributed by atoms with Crippen molar-refractivity contribution in [2.24, 2.45) is 0 Å². The van der Waals surface area contributed by atoms with Crippen molar-refractivity contribution in [3.63, 3.8) is 0 Å². The molecule has 2 aromatic rings. The van der Waals surface area contributed by atoms with E-state index in [-0.39, 0.29) is 5.56 Å². The Morgan fingerprint density at radius 1 is 1.29 bits per heavy atom. The fourth-order valence-corrected chi connectivity index (χ4v) is 2.50. The Morgan fingerprint density at radius 3 is 2.67 bits per heavy atom. The second-order valence-electron chi connectivity index (χ2n) is 4.58. The van der Waals surface area contributed by atoms with Gasteiger partial charge in [-0.3, -0.25) is 9.78 Å². The molecule has 1 aromatic carbocycles. The number of hydrogen-bond acceptors (Lipinski definition) is 2. The van der Waals surface area contributed by atoms with Crippen molar-refractivity contribution in [1.82, 2.24) is 4.98 Å². The molecule has 0 saturated heterocycles. The molecule has 0 spiro atoms. The number of hydrogen-bond donors (Lipinski definition) is 1. The summed E-state index contributed by atoms with van der Waals surface area (Å²) in [7, 11) is 0. The number of nitrogens with zero attached hydrogens (tertiary/aromatic N) is 1. The number of carbonyl (C=O) groups excluding carboxylic acids is 1. The van der Waals surface area contributed by atoms with Gasteiger partial charge in [0.2, 0.25) is 0 Å². The van der Waals surface area contributed by atoms with Crippen molar-refractivity contribution in [3.05, 3.63) is 58.1 Å². The zero-order valence-electron chi connectivity index (χ0n) is 11.9. The highest BCUT2D eigenvalue weighted by Crippen LogP contribution is 2.30. The first-order valence-corrected chi connectivity index (χ1v) is 7.17. The average Bonchev–Trinajstić information content (AvgIpc) is 2.48. The van der Waals surface area contributed by atoms with Crippen LogP contribution in [0.2, 0.25) is 5.02 Å². The number of rotatable bonds is 4. The molecule has 0 saturated carbocycles. The fraction of sp³-hybridized carbons (Fsp3) is 0.250. The Morgan fingerprint density at radius 2 is 2.05 bits per heavy atom. The van der Waals surface area contributed by atoms with Gasteiger partial charge in [-0.05, 0) is 36.1 Å². The first-order valence-electron chi connectivity index (χ1n) is 6.79. The maximum Gasteiger partial charge on any atom is 0.258 e. The van der Waals surface area contributed by atoms with Crippen LogP contribution in [-0.4, -0.2) is 10.9 Å². The lowest BCUT2D eigenvalue weighted by molar-refractivity contribution is 0.102. The van der Waals surface area contributed by atoms with Crippen LogP contribution in [0.15, 0.2) is 30.6 Å². The average molecular weight is 307 g/mol. The quantitative estimate of drug-likeness (QED) is 0.917. The van der Waals surface area contributed by atoms with Gasteiger partial charge in [-0.1, -0.05) is 31.5 Å². The monoisotopic (exact) mass is 306 g/mol. The van der Waals surface area contributed by atoms with Crippen molar-refractivity contribution >= 4 is 23.2 Å². The third-order valence-corrected chi connectivity index (χ3v) is 3.69. The normalized spacial score (nSPS) is 10.5. The Balaban J connectivity index is 2.41. The van der Waals surface area contributed by atoms with Gasteiger partial charge < -0.3 is 5.32 Å². The third kappa shape index (κ3) is 3.22.